The molecule has 96 valence electrons. The molecule has 0 heterocycles. The number of benzene rings is 1. The lowest BCUT2D eigenvalue weighted by atomic mass is 9.84. The van der Waals surface area contributed by atoms with Gasteiger partial charge in [-0.15, -0.1) is 0 Å². The third kappa shape index (κ3) is 3.70. The number of rotatable bonds is 5. The molecule has 0 spiro atoms. The van der Waals surface area contributed by atoms with Gasteiger partial charge in [0.25, 0.3) is 0 Å². The summed E-state index contributed by atoms with van der Waals surface area (Å²) in [6, 6.07) is 5.65. The fraction of sp³-hybridized carbons (Fsp3) is 0.538. The van der Waals surface area contributed by atoms with Crippen LogP contribution in [0, 0.1) is 0 Å². The van der Waals surface area contributed by atoms with Gasteiger partial charge in [-0.05, 0) is 25.7 Å². The minimum Gasteiger partial charge on any atom is -0.508 e. The molecule has 1 aromatic carbocycles. The van der Waals surface area contributed by atoms with Gasteiger partial charge in [0.1, 0.15) is 5.75 Å². The van der Waals surface area contributed by atoms with Crippen LogP contribution in [0.25, 0.3) is 0 Å². The maximum atomic E-state index is 9.80. The monoisotopic (exact) mass is 238 g/mol. The maximum absolute atomic E-state index is 9.80. The Morgan fingerprint density at radius 2 is 2.00 bits per heavy atom. The van der Waals surface area contributed by atoms with E-state index in [1.54, 1.807) is 6.07 Å². The molecular formula is C13H22N2O2. The predicted molar refractivity (Wildman–Crippen MR) is 68.7 cm³/mol. The highest BCUT2D eigenvalue weighted by Crippen LogP contribution is 2.28. The van der Waals surface area contributed by atoms with Gasteiger partial charge < -0.3 is 14.8 Å². The Balaban J connectivity index is 3.03. The molecule has 3 N–H and O–H groups in total. The van der Waals surface area contributed by atoms with Crippen molar-refractivity contribution < 1.29 is 9.94 Å². The Morgan fingerprint density at radius 3 is 2.53 bits per heavy atom. The number of hydrogen-bond acceptors (Lipinski definition) is 4. The van der Waals surface area contributed by atoms with Crippen molar-refractivity contribution in [2.24, 2.45) is 5.90 Å². The molecule has 0 bridgehead atoms. The third-order valence-corrected chi connectivity index (χ3v) is 2.79. The third-order valence-electron chi connectivity index (χ3n) is 2.79. The van der Waals surface area contributed by atoms with E-state index in [9.17, 15) is 5.11 Å². The van der Waals surface area contributed by atoms with E-state index in [4.69, 9.17) is 10.7 Å². The summed E-state index contributed by atoms with van der Waals surface area (Å²) in [5, 5.41) is 9.80. The summed E-state index contributed by atoms with van der Waals surface area (Å²) in [4.78, 5) is 6.76. The Kier molecular flexibility index (Phi) is 4.51. The standard InChI is InChI=1S/C13H22N2O2/c1-13(2,9-17-14)11-5-6-12(16)10(7-11)8-15(3)4/h5-7,16H,8-9,14H2,1-4H3. The number of hydrogen-bond donors (Lipinski definition) is 2. The van der Waals surface area contributed by atoms with Gasteiger partial charge in [-0.2, -0.15) is 0 Å². The second-order valence-electron chi connectivity index (χ2n) is 5.28. The molecule has 17 heavy (non-hydrogen) atoms. The van der Waals surface area contributed by atoms with Crippen molar-refractivity contribution in [1.29, 1.82) is 0 Å². The van der Waals surface area contributed by atoms with E-state index in [1.165, 1.54) is 0 Å². The molecule has 1 rings (SSSR count). The van der Waals surface area contributed by atoms with Crippen LogP contribution in [0.5, 0.6) is 5.75 Å². The zero-order chi connectivity index (χ0) is 13.1. The second kappa shape index (κ2) is 5.49. The lowest BCUT2D eigenvalue weighted by molar-refractivity contribution is 0.0963. The van der Waals surface area contributed by atoms with Crippen LogP contribution < -0.4 is 5.90 Å². The van der Waals surface area contributed by atoms with E-state index in [1.807, 2.05) is 31.1 Å². The van der Waals surface area contributed by atoms with Crippen molar-refractivity contribution in [3.8, 4) is 5.75 Å². The fourth-order valence-electron chi connectivity index (χ4n) is 1.77. The normalized spacial score (nSPS) is 12.1. The number of phenols is 1. The number of aromatic hydroxyl groups is 1. The van der Waals surface area contributed by atoms with Crippen molar-refractivity contribution in [2.45, 2.75) is 25.8 Å². The van der Waals surface area contributed by atoms with Gasteiger partial charge in [0.15, 0.2) is 0 Å². The highest BCUT2D eigenvalue weighted by molar-refractivity contribution is 5.39. The molecule has 4 nitrogen and oxygen atoms in total. The summed E-state index contributed by atoms with van der Waals surface area (Å²) >= 11 is 0. The molecule has 0 amide bonds. The average Bonchev–Trinajstić information content (AvgIpc) is 2.20. The van der Waals surface area contributed by atoms with Gasteiger partial charge >= 0.3 is 0 Å². The lowest BCUT2D eigenvalue weighted by Crippen LogP contribution is -2.26. The highest BCUT2D eigenvalue weighted by Gasteiger charge is 2.21. The Labute approximate surface area is 103 Å². The number of nitrogens with two attached hydrogens (primary N) is 1. The lowest BCUT2D eigenvalue weighted by Gasteiger charge is -2.25. The highest BCUT2D eigenvalue weighted by atomic mass is 16.6. The van der Waals surface area contributed by atoms with Gasteiger partial charge in [-0.3, -0.25) is 0 Å². The van der Waals surface area contributed by atoms with E-state index in [2.05, 4.69) is 13.8 Å². The van der Waals surface area contributed by atoms with E-state index in [-0.39, 0.29) is 5.41 Å². The molecule has 0 aliphatic heterocycles. The molecule has 0 aromatic heterocycles. The first-order valence-electron chi connectivity index (χ1n) is 5.65. The van der Waals surface area contributed by atoms with E-state index < -0.39 is 0 Å². The minimum absolute atomic E-state index is 0.163. The van der Waals surface area contributed by atoms with Gasteiger partial charge in [-0.25, -0.2) is 5.90 Å². The molecule has 0 saturated heterocycles. The molecule has 0 radical (unpaired) electrons. The topological polar surface area (TPSA) is 58.7 Å². The van der Waals surface area contributed by atoms with Crippen LogP contribution in [0.3, 0.4) is 0 Å². The quantitative estimate of drug-likeness (QED) is 0.765. The zero-order valence-corrected chi connectivity index (χ0v) is 11.0. The summed E-state index contributed by atoms with van der Waals surface area (Å²) in [7, 11) is 3.94. The summed E-state index contributed by atoms with van der Waals surface area (Å²) in [6.07, 6.45) is 0. The smallest absolute Gasteiger partial charge is 0.120 e. The zero-order valence-electron chi connectivity index (χ0n) is 11.0. The molecule has 0 atom stereocenters. The summed E-state index contributed by atoms with van der Waals surface area (Å²) in [5.41, 5.74) is 1.86. The molecular weight excluding hydrogens is 216 g/mol. The van der Waals surface area contributed by atoms with E-state index in [0.717, 1.165) is 11.1 Å². The van der Waals surface area contributed by atoms with Crippen LogP contribution in [0.2, 0.25) is 0 Å². The van der Waals surface area contributed by atoms with E-state index >= 15 is 0 Å². The van der Waals surface area contributed by atoms with Gasteiger partial charge in [0, 0.05) is 17.5 Å². The van der Waals surface area contributed by atoms with Crippen LogP contribution in [-0.4, -0.2) is 30.7 Å². The SMILES string of the molecule is CN(C)Cc1cc(C(C)(C)CON)ccc1O. The average molecular weight is 238 g/mol. The fourth-order valence-corrected chi connectivity index (χ4v) is 1.77. The van der Waals surface area contributed by atoms with Gasteiger partial charge in [0.2, 0.25) is 0 Å². The van der Waals surface area contributed by atoms with Crippen molar-refractivity contribution in [3.05, 3.63) is 29.3 Å². The van der Waals surface area contributed by atoms with E-state index in [0.29, 0.717) is 18.9 Å². The van der Waals surface area contributed by atoms with Crippen LogP contribution in [0.15, 0.2) is 18.2 Å². The van der Waals surface area contributed by atoms with Crippen LogP contribution in [0.1, 0.15) is 25.0 Å². The molecule has 0 unspecified atom stereocenters. The molecule has 0 aliphatic rings. The molecule has 0 fully saturated rings. The molecule has 0 aliphatic carbocycles. The van der Waals surface area contributed by atoms with Crippen molar-refractivity contribution in [1.82, 2.24) is 4.90 Å². The minimum atomic E-state index is -0.163. The first kappa shape index (κ1) is 14.0. The Bertz CT molecular complexity index is 376. The van der Waals surface area contributed by atoms with Crippen LogP contribution in [-0.2, 0) is 16.8 Å². The second-order valence-corrected chi connectivity index (χ2v) is 5.28. The predicted octanol–water partition coefficient (Wildman–Crippen LogP) is 1.62. The number of phenolic OH excluding ortho intramolecular Hbond substituents is 1. The summed E-state index contributed by atoms with van der Waals surface area (Å²) in [5.74, 6) is 5.47. The molecule has 4 heteroatoms. The summed E-state index contributed by atoms with van der Waals surface area (Å²) < 4.78 is 0. The van der Waals surface area contributed by atoms with Crippen LogP contribution in [0.4, 0.5) is 0 Å². The van der Waals surface area contributed by atoms with Crippen molar-refractivity contribution >= 4 is 0 Å². The van der Waals surface area contributed by atoms with Crippen molar-refractivity contribution in [2.75, 3.05) is 20.7 Å². The Hall–Kier alpha value is -1.10. The maximum Gasteiger partial charge on any atom is 0.120 e. The number of nitrogens with zero attached hydrogens (tertiary/aromatic N) is 1. The van der Waals surface area contributed by atoms with Crippen LogP contribution >= 0.6 is 0 Å². The largest absolute Gasteiger partial charge is 0.508 e. The van der Waals surface area contributed by atoms with Gasteiger partial charge in [-0.1, -0.05) is 26.0 Å². The first-order chi connectivity index (χ1) is 7.86. The first-order valence-corrected chi connectivity index (χ1v) is 5.65. The van der Waals surface area contributed by atoms with Crippen molar-refractivity contribution in [3.63, 3.8) is 0 Å². The summed E-state index contributed by atoms with van der Waals surface area (Å²) in [6.45, 7) is 5.27. The Morgan fingerprint density at radius 1 is 1.35 bits per heavy atom. The van der Waals surface area contributed by atoms with Gasteiger partial charge in [0.05, 0.1) is 6.61 Å². The molecule has 0 saturated carbocycles. The molecule has 1 aromatic rings.